The summed E-state index contributed by atoms with van der Waals surface area (Å²) in [6.07, 6.45) is 4.66. The Morgan fingerprint density at radius 3 is 2.52 bits per heavy atom. The molecule has 9 heteroatoms. The third kappa shape index (κ3) is 5.36. The third-order valence-electron chi connectivity index (χ3n) is 4.31. The summed E-state index contributed by atoms with van der Waals surface area (Å²) in [6, 6.07) is 14.1. The number of aryl methyl sites for hydroxylation is 1. The maximum atomic E-state index is 12.4. The van der Waals surface area contributed by atoms with Gasteiger partial charge in [0.25, 0.3) is 0 Å². The Labute approximate surface area is 175 Å². The Balaban J connectivity index is 1.64. The molecule has 0 unspecified atom stereocenters. The SMILES string of the molecule is Cc1nccn1-c1ccc(CNC(=O)CN(c2cccc(Cl)c2)S(C)(=O)=O)cc1. The Morgan fingerprint density at radius 2 is 1.93 bits per heavy atom. The van der Waals surface area contributed by atoms with Crippen LogP contribution in [-0.2, 0) is 21.4 Å². The van der Waals surface area contributed by atoms with E-state index >= 15 is 0 Å². The summed E-state index contributed by atoms with van der Waals surface area (Å²) in [4.78, 5) is 16.6. The molecule has 0 fully saturated rings. The van der Waals surface area contributed by atoms with Crippen LogP contribution in [0.1, 0.15) is 11.4 Å². The molecule has 0 aliphatic heterocycles. The van der Waals surface area contributed by atoms with E-state index in [1.165, 1.54) is 6.07 Å². The predicted octanol–water partition coefficient (Wildman–Crippen LogP) is 2.92. The van der Waals surface area contributed by atoms with Crippen LogP contribution in [0.3, 0.4) is 0 Å². The van der Waals surface area contributed by atoms with E-state index in [1.54, 1.807) is 24.4 Å². The molecule has 0 saturated heterocycles. The Hall–Kier alpha value is -2.84. The number of aromatic nitrogens is 2. The fraction of sp³-hybridized carbons (Fsp3) is 0.200. The van der Waals surface area contributed by atoms with Gasteiger partial charge in [-0.3, -0.25) is 9.10 Å². The van der Waals surface area contributed by atoms with E-state index in [4.69, 9.17) is 11.6 Å². The van der Waals surface area contributed by atoms with Crippen LogP contribution >= 0.6 is 11.6 Å². The van der Waals surface area contributed by atoms with Crippen molar-refractivity contribution in [1.29, 1.82) is 0 Å². The predicted molar refractivity (Wildman–Crippen MR) is 114 cm³/mol. The first-order valence-corrected chi connectivity index (χ1v) is 11.1. The zero-order valence-electron chi connectivity index (χ0n) is 16.0. The van der Waals surface area contributed by atoms with Crippen LogP contribution in [0.25, 0.3) is 5.69 Å². The minimum absolute atomic E-state index is 0.287. The highest BCUT2D eigenvalue weighted by Crippen LogP contribution is 2.21. The highest BCUT2D eigenvalue weighted by molar-refractivity contribution is 7.92. The van der Waals surface area contributed by atoms with E-state index in [2.05, 4.69) is 10.3 Å². The summed E-state index contributed by atoms with van der Waals surface area (Å²) < 4.78 is 27.2. The molecular formula is C20H21ClN4O3S. The maximum Gasteiger partial charge on any atom is 0.241 e. The zero-order chi connectivity index (χ0) is 21.0. The van der Waals surface area contributed by atoms with Crippen molar-refractivity contribution in [2.24, 2.45) is 0 Å². The number of halogens is 1. The lowest BCUT2D eigenvalue weighted by atomic mass is 10.2. The highest BCUT2D eigenvalue weighted by atomic mass is 35.5. The lowest BCUT2D eigenvalue weighted by molar-refractivity contribution is -0.119. The number of nitrogens with one attached hydrogen (secondary N) is 1. The number of rotatable bonds is 7. The summed E-state index contributed by atoms with van der Waals surface area (Å²) in [6.45, 7) is 1.88. The van der Waals surface area contributed by atoms with Crippen molar-refractivity contribution in [3.8, 4) is 5.69 Å². The second-order valence-corrected chi connectivity index (χ2v) is 8.88. The second kappa shape index (κ2) is 8.67. The smallest absolute Gasteiger partial charge is 0.241 e. The van der Waals surface area contributed by atoms with Crippen molar-refractivity contribution in [2.45, 2.75) is 13.5 Å². The standard InChI is InChI=1S/C20H21ClN4O3S/c1-15-22-10-11-24(15)18-8-6-16(7-9-18)13-23-20(26)14-25(29(2,27)28)19-5-3-4-17(21)12-19/h3-12H,13-14H2,1-2H3,(H,23,26). The molecule has 1 heterocycles. The van der Waals surface area contributed by atoms with Gasteiger partial charge in [-0.05, 0) is 42.8 Å². The van der Waals surface area contributed by atoms with Crippen LogP contribution in [0.5, 0.6) is 0 Å². The molecule has 0 radical (unpaired) electrons. The van der Waals surface area contributed by atoms with Crippen molar-refractivity contribution in [3.05, 3.63) is 77.3 Å². The minimum Gasteiger partial charge on any atom is -0.350 e. The van der Waals surface area contributed by atoms with Crippen LogP contribution in [0.4, 0.5) is 5.69 Å². The van der Waals surface area contributed by atoms with Crippen molar-refractivity contribution in [1.82, 2.24) is 14.9 Å². The van der Waals surface area contributed by atoms with Gasteiger partial charge in [-0.15, -0.1) is 0 Å². The molecule has 0 bridgehead atoms. The number of benzene rings is 2. The summed E-state index contributed by atoms with van der Waals surface area (Å²) in [5.74, 6) is 0.470. The minimum atomic E-state index is -3.64. The number of amides is 1. The lowest BCUT2D eigenvalue weighted by Crippen LogP contribution is -2.40. The highest BCUT2D eigenvalue weighted by Gasteiger charge is 2.21. The van der Waals surface area contributed by atoms with Crippen LogP contribution in [-0.4, -0.2) is 36.7 Å². The zero-order valence-corrected chi connectivity index (χ0v) is 17.6. The van der Waals surface area contributed by atoms with E-state index in [1.807, 2.05) is 42.0 Å². The first kappa shape index (κ1) is 20.9. The summed E-state index contributed by atoms with van der Waals surface area (Å²) in [5.41, 5.74) is 2.21. The van der Waals surface area contributed by atoms with Crippen LogP contribution in [0.15, 0.2) is 60.9 Å². The molecule has 152 valence electrons. The van der Waals surface area contributed by atoms with Crippen LogP contribution in [0, 0.1) is 6.92 Å². The molecule has 1 N–H and O–H groups in total. The molecule has 7 nitrogen and oxygen atoms in total. The maximum absolute atomic E-state index is 12.4. The first-order valence-electron chi connectivity index (χ1n) is 8.83. The molecule has 0 saturated carbocycles. The number of imidazole rings is 1. The van der Waals surface area contributed by atoms with Crippen molar-refractivity contribution < 1.29 is 13.2 Å². The summed E-state index contributed by atoms with van der Waals surface area (Å²) in [5, 5.41) is 3.15. The van der Waals surface area contributed by atoms with Gasteiger partial charge in [-0.2, -0.15) is 0 Å². The molecule has 1 amide bonds. The average Bonchev–Trinajstić information content (AvgIpc) is 3.10. The van der Waals surface area contributed by atoms with Gasteiger partial charge in [-0.1, -0.05) is 29.8 Å². The van der Waals surface area contributed by atoms with E-state index in [0.29, 0.717) is 10.7 Å². The van der Waals surface area contributed by atoms with Crippen LogP contribution in [0.2, 0.25) is 5.02 Å². The fourth-order valence-electron chi connectivity index (χ4n) is 2.84. The van der Waals surface area contributed by atoms with Gasteiger partial charge in [-0.25, -0.2) is 13.4 Å². The Morgan fingerprint density at radius 1 is 1.21 bits per heavy atom. The summed E-state index contributed by atoms with van der Waals surface area (Å²) in [7, 11) is -3.64. The Kier molecular flexibility index (Phi) is 6.24. The third-order valence-corrected chi connectivity index (χ3v) is 5.69. The van der Waals surface area contributed by atoms with Gasteiger partial charge >= 0.3 is 0 Å². The van der Waals surface area contributed by atoms with Gasteiger partial charge in [0.2, 0.25) is 15.9 Å². The molecule has 3 aromatic rings. The van der Waals surface area contributed by atoms with Gasteiger partial charge in [0, 0.05) is 29.6 Å². The number of nitrogens with zero attached hydrogens (tertiary/aromatic N) is 3. The van der Waals surface area contributed by atoms with E-state index < -0.39 is 15.9 Å². The lowest BCUT2D eigenvalue weighted by Gasteiger charge is -2.22. The van der Waals surface area contributed by atoms with E-state index in [9.17, 15) is 13.2 Å². The molecule has 0 spiro atoms. The van der Waals surface area contributed by atoms with Gasteiger partial charge in [0.15, 0.2) is 0 Å². The monoisotopic (exact) mass is 432 g/mol. The van der Waals surface area contributed by atoms with Gasteiger partial charge < -0.3 is 9.88 Å². The average molecular weight is 433 g/mol. The van der Waals surface area contributed by atoms with Gasteiger partial charge in [0.05, 0.1) is 11.9 Å². The summed E-state index contributed by atoms with van der Waals surface area (Å²) >= 11 is 5.95. The largest absolute Gasteiger partial charge is 0.350 e. The molecule has 3 rings (SSSR count). The molecule has 0 aliphatic rings. The number of carbonyl (C=O) groups excluding carboxylic acids is 1. The molecule has 29 heavy (non-hydrogen) atoms. The van der Waals surface area contributed by atoms with Gasteiger partial charge in [0.1, 0.15) is 12.4 Å². The van der Waals surface area contributed by atoms with Crippen molar-refractivity contribution >= 4 is 33.2 Å². The number of carbonyl (C=O) groups is 1. The molecular weight excluding hydrogens is 412 g/mol. The normalized spacial score (nSPS) is 11.3. The second-order valence-electron chi connectivity index (χ2n) is 6.54. The number of hydrogen-bond donors (Lipinski definition) is 1. The molecule has 2 aromatic carbocycles. The Bertz CT molecular complexity index is 1110. The van der Waals surface area contributed by atoms with Crippen LogP contribution < -0.4 is 9.62 Å². The van der Waals surface area contributed by atoms with Crippen molar-refractivity contribution in [3.63, 3.8) is 0 Å². The fourth-order valence-corrected chi connectivity index (χ4v) is 3.88. The number of hydrogen-bond acceptors (Lipinski definition) is 4. The number of anilines is 1. The first-order chi connectivity index (χ1) is 13.7. The van der Waals surface area contributed by atoms with Crippen molar-refractivity contribution in [2.75, 3.05) is 17.1 Å². The topological polar surface area (TPSA) is 84.3 Å². The molecule has 1 aromatic heterocycles. The quantitative estimate of drug-likeness (QED) is 0.622. The van der Waals surface area contributed by atoms with E-state index in [0.717, 1.165) is 27.6 Å². The molecule has 0 aliphatic carbocycles. The molecule has 0 atom stereocenters. The van der Waals surface area contributed by atoms with E-state index in [-0.39, 0.29) is 13.1 Å². The number of sulfonamides is 1.